The summed E-state index contributed by atoms with van der Waals surface area (Å²) in [4.78, 5) is 24.7. The van der Waals surface area contributed by atoms with Gasteiger partial charge in [0, 0.05) is 16.5 Å². The number of ketones is 1. The fourth-order valence-corrected chi connectivity index (χ4v) is 2.86. The average Bonchev–Trinajstić information content (AvgIpc) is 2.64. The molecule has 0 amide bonds. The van der Waals surface area contributed by atoms with Crippen LogP contribution in [-0.4, -0.2) is 23.8 Å². The van der Waals surface area contributed by atoms with E-state index in [0.29, 0.717) is 10.0 Å². The first-order valence-electron chi connectivity index (χ1n) is 6.43. The summed E-state index contributed by atoms with van der Waals surface area (Å²) in [6.07, 6.45) is -3.48. The monoisotopic (exact) mass is 360 g/mol. The molecule has 114 valence electrons. The predicted octanol–water partition coefficient (Wildman–Crippen LogP) is 3.78. The third kappa shape index (κ3) is 2.61. The maximum absolute atomic E-state index is 13.6. The van der Waals surface area contributed by atoms with Crippen molar-refractivity contribution in [1.82, 2.24) is 0 Å². The first-order chi connectivity index (χ1) is 9.59. The van der Waals surface area contributed by atoms with Crippen LogP contribution in [0.25, 0.3) is 0 Å². The molecule has 0 saturated heterocycles. The van der Waals surface area contributed by atoms with Gasteiger partial charge in [-0.1, -0.05) is 28.1 Å². The van der Waals surface area contributed by atoms with Crippen molar-refractivity contribution in [2.75, 3.05) is 0 Å². The lowest BCUT2D eigenvalue weighted by molar-refractivity contribution is -0.171. The molecule has 2 rings (SSSR count). The second-order valence-electron chi connectivity index (χ2n) is 6.05. The molecule has 3 nitrogen and oxygen atoms in total. The molecule has 1 atom stereocenters. The minimum absolute atomic E-state index is 0.149. The molecule has 0 saturated carbocycles. The van der Waals surface area contributed by atoms with Crippen LogP contribution in [0.15, 0.2) is 22.7 Å². The second-order valence-corrected chi connectivity index (χ2v) is 6.90. The van der Waals surface area contributed by atoms with E-state index in [1.165, 1.54) is 6.07 Å². The van der Waals surface area contributed by atoms with Crippen molar-refractivity contribution in [2.24, 2.45) is 5.41 Å². The zero-order valence-corrected chi connectivity index (χ0v) is 13.5. The van der Waals surface area contributed by atoms with Crippen LogP contribution in [0.3, 0.4) is 0 Å². The summed E-state index contributed by atoms with van der Waals surface area (Å²) in [7, 11) is 0. The maximum Gasteiger partial charge on any atom is 0.326 e. The number of esters is 1. The van der Waals surface area contributed by atoms with Gasteiger partial charge >= 0.3 is 5.97 Å². The Kier molecular flexibility index (Phi) is 3.95. The summed E-state index contributed by atoms with van der Waals surface area (Å²) in [5.41, 5.74) is -2.81. The lowest BCUT2D eigenvalue weighted by Crippen LogP contribution is -2.47. The van der Waals surface area contributed by atoms with Crippen molar-refractivity contribution in [3.8, 4) is 0 Å². The molecule has 0 N–H and O–H groups in total. The molecule has 0 aliphatic heterocycles. The molecule has 0 radical (unpaired) electrons. The molecule has 0 fully saturated rings. The van der Waals surface area contributed by atoms with Crippen molar-refractivity contribution >= 4 is 27.7 Å². The maximum atomic E-state index is 13.6. The van der Waals surface area contributed by atoms with E-state index < -0.39 is 29.2 Å². The van der Waals surface area contributed by atoms with Crippen LogP contribution in [0.1, 0.15) is 36.7 Å². The van der Waals surface area contributed by atoms with Crippen molar-refractivity contribution in [1.29, 1.82) is 0 Å². The standard InChI is InChI=1S/C15H15BrF2O3/c1-14(2,3)21-13(20)15(12(17)18)7-9-8(11(15)19)5-4-6-10(9)16/h4-6,12H,7H2,1-3H3. The normalized spacial score (nSPS) is 21.6. The SMILES string of the molecule is CC(C)(C)OC(=O)C1(C(F)F)Cc2c(Br)cccc2C1=O. The van der Waals surface area contributed by atoms with Gasteiger partial charge in [-0.25, -0.2) is 8.78 Å². The van der Waals surface area contributed by atoms with Gasteiger partial charge in [-0.2, -0.15) is 0 Å². The van der Waals surface area contributed by atoms with Crippen molar-refractivity contribution < 1.29 is 23.1 Å². The largest absolute Gasteiger partial charge is 0.459 e. The number of rotatable bonds is 2. The lowest BCUT2D eigenvalue weighted by atomic mass is 9.84. The quantitative estimate of drug-likeness (QED) is 0.595. The van der Waals surface area contributed by atoms with Crippen LogP contribution in [0.5, 0.6) is 0 Å². The molecule has 1 aliphatic rings. The molecule has 21 heavy (non-hydrogen) atoms. The Morgan fingerprint density at radius 1 is 1.38 bits per heavy atom. The summed E-state index contributed by atoms with van der Waals surface area (Å²) in [5.74, 6) is -2.04. The molecule has 1 aromatic carbocycles. The van der Waals surface area contributed by atoms with Crippen LogP contribution in [0, 0.1) is 5.41 Å². The Morgan fingerprint density at radius 3 is 2.48 bits per heavy atom. The summed E-state index contributed by atoms with van der Waals surface area (Å²) in [6.45, 7) is 4.73. The van der Waals surface area contributed by atoms with E-state index in [0.717, 1.165) is 0 Å². The van der Waals surface area contributed by atoms with Gasteiger partial charge in [0.15, 0.2) is 11.2 Å². The Morgan fingerprint density at radius 2 is 2.00 bits per heavy atom. The highest BCUT2D eigenvalue weighted by molar-refractivity contribution is 9.10. The molecule has 0 aromatic heterocycles. The minimum atomic E-state index is -3.13. The number of hydrogen-bond donors (Lipinski definition) is 0. The molecule has 1 aromatic rings. The number of carbonyl (C=O) groups excluding carboxylic acids is 2. The summed E-state index contributed by atoms with van der Waals surface area (Å²) in [6, 6.07) is 4.69. The molecule has 6 heteroatoms. The van der Waals surface area contributed by atoms with E-state index in [4.69, 9.17) is 4.74 Å². The third-order valence-corrected chi connectivity index (χ3v) is 4.10. The number of fused-ring (bicyclic) bond motifs is 1. The third-order valence-electron chi connectivity index (χ3n) is 3.36. The number of halogens is 3. The Bertz CT molecular complexity index is 607. The van der Waals surface area contributed by atoms with Crippen LogP contribution in [0.4, 0.5) is 8.78 Å². The molecular formula is C15H15BrF2O3. The molecule has 0 spiro atoms. The van der Waals surface area contributed by atoms with Gasteiger partial charge < -0.3 is 4.74 Å². The van der Waals surface area contributed by atoms with E-state index in [1.807, 2.05) is 0 Å². The minimum Gasteiger partial charge on any atom is -0.459 e. The fourth-order valence-electron chi connectivity index (χ4n) is 2.35. The molecule has 0 heterocycles. The van der Waals surface area contributed by atoms with Crippen LogP contribution < -0.4 is 0 Å². The smallest absolute Gasteiger partial charge is 0.326 e. The van der Waals surface area contributed by atoms with Crippen molar-refractivity contribution in [3.05, 3.63) is 33.8 Å². The van der Waals surface area contributed by atoms with Gasteiger partial charge in [0.05, 0.1) is 0 Å². The van der Waals surface area contributed by atoms with E-state index in [-0.39, 0.29) is 12.0 Å². The summed E-state index contributed by atoms with van der Waals surface area (Å²) < 4.78 is 32.9. The number of hydrogen-bond acceptors (Lipinski definition) is 3. The highest BCUT2D eigenvalue weighted by Gasteiger charge is 2.60. The number of Topliss-reactive ketones (excluding diaryl/α,β-unsaturated/α-hetero) is 1. The van der Waals surface area contributed by atoms with Gasteiger partial charge in [-0.05, 0) is 32.4 Å². The zero-order chi connectivity index (χ0) is 16.0. The summed E-state index contributed by atoms with van der Waals surface area (Å²) in [5, 5.41) is 0. The Balaban J connectivity index is 2.50. The van der Waals surface area contributed by atoms with E-state index in [2.05, 4.69) is 15.9 Å². The van der Waals surface area contributed by atoms with E-state index in [1.54, 1.807) is 32.9 Å². The Hall–Kier alpha value is -1.30. The highest BCUT2D eigenvalue weighted by atomic mass is 79.9. The number of benzene rings is 1. The van der Waals surface area contributed by atoms with Crippen LogP contribution >= 0.6 is 15.9 Å². The second kappa shape index (κ2) is 5.16. The number of ether oxygens (including phenoxy) is 1. The Labute approximate surface area is 129 Å². The van der Waals surface area contributed by atoms with Gasteiger partial charge in [0.2, 0.25) is 0 Å². The fraction of sp³-hybridized carbons (Fsp3) is 0.467. The zero-order valence-electron chi connectivity index (χ0n) is 11.9. The number of alkyl halides is 2. The van der Waals surface area contributed by atoms with Gasteiger partial charge in [0.25, 0.3) is 6.43 Å². The molecule has 1 aliphatic carbocycles. The molecular weight excluding hydrogens is 346 g/mol. The first-order valence-corrected chi connectivity index (χ1v) is 7.22. The van der Waals surface area contributed by atoms with Gasteiger partial charge in [-0.3, -0.25) is 9.59 Å². The summed E-state index contributed by atoms with van der Waals surface area (Å²) >= 11 is 3.24. The van der Waals surface area contributed by atoms with E-state index >= 15 is 0 Å². The van der Waals surface area contributed by atoms with Gasteiger partial charge in [0.1, 0.15) is 5.60 Å². The first kappa shape index (κ1) is 16.1. The van der Waals surface area contributed by atoms with Crippen molar-refractivity contribution in [2.45, 2.75) is 39.2 Å². The van der Waals surface area contributed by atoms with Crippen LogP contribution in [-0.2, 0) is 16.0 Å². The molecule has 0 bridgehead atoms. The van der Waals surface area contributed by atoms with Crippen LogP contribution in [0.2, 0.25) is 0 Å². The average molecular weight is 361 g/mol. The lowest BCUT2D eigenvalue weighted by Gasteiger charge is -2.29. The van der Waals surface area contributed by atoms with Crippen molar-refractivity contribution in [3.63, 3.8) is 0 Å². The highest BCUT2D eigenvalue weighted by Crippen LogP contribution is 2.45. The predicted molar refractivity (Wildman–Crippen MR) is 76.5 cm³/mol. The molecule has 1 unspecified atom stereocenters. The number of carbonyl (C=O) groups is 2. The van der Waals surface area contributed by atoms with E-state index in [9.17, 15) is 18.4 Å². The van der Waals surface area contributed by atoms with Gasteiger partial charge in [-0.15, -0.1) is 0 Å². The topological polar surface area (TPSA) is 43.4 Å².